The summed E-state index contributed by atoms with van der Waals surface area (Å²) in [5, 5.41) is 0. The smallest absolute Gasteiger partial charge is 0.266 e. The molecule has 0 atom stereocenters. The van der Waals surface area contributed by atoms with E-state index in [1.807, 2.05) is 19.1 Å². The summed E-state index contributed by atoms with van der Waals surface area (Å²) in [6.45, 7) is 6.73. The second-order valence-corrected chi connectivity index (χ2v) is 8.68. The fraction of sp³-hybridized carbons (Fsp3) is 0.167. The summed E-state index contributed by atoms with van der Waals surface area (Å²) in [5.74, 6) is -0.000447. The van der Waals surface area contributed by atoms with Crippen LogP contribution in [-0.2, 0) is 4.79 Å². The molecule has 3 nitrogen and oxygen atoms in total. The normalized spacial score (nSPS) is 15.6. The average Bonchev–Trinajstić information content (AvgIpc) is 3.17. The number of hydrogen-bond donors (Lipinski definition) is 0. The molecule has 146 valence electrons. The van der Waals surface area contributed by atoms with E-state index in [1.54, 1.807) is 4.90 Å². The van der Waals surface area contributed by atoms with E-state index in [1.165, 1.54) is 22.9 Å². The summed E-state index contributed by atoms with van der Waals surface area (Å²) in [5.41, 5.74) is 6.80. The fourth-order valence-corrected chi connectivity index (χ4v) is 5.05. The minimum Gasteiger partial charge on any atom is -0.318 e. The lowest BCUT2D eigenvalue weighted by Gasteiger charge is -2.11. The highest BCUT2D eigenvalue weighted by Gasteiger charge is 2.30. The van der Waals surface area contributed by atoms with Gasteiger partial charge in [0.15, 0.2) is 0 Å². The molecule has 1 aliphatic heterocycles. The molecule has 2 heterocycles. The zero-order valence-corrected chi connectivity index (χ0v) is 18.3. The van der Waals surface area contributed by atoms with Gasteiger partial charge in [-0.2, -0.15) is 0 Å². The van der Waals surface area contributed by atoms with Crippen LogP contribution in [0.15, 0.2) is 65.6 Å². The lowest BCUT2D eigenvalue weighted by atomic mass is 10.1. The maximum Gasteiger partial charge on any atom is 0.266 e. The summed E-state index contributed by atoms with van der Waals surface area (Å²) < 4.78 is 2.86. The van der Waals surface area contributed by atoms with Gasteiger partial charge in [-0.05, 0) is 61.7 Å². The van der Waals surface area contributed by atoms with Gasteiger partial charge in [0, 0.05) is 23.6 Å². The van der Waals surface area contributed by atoms with E-state index in [0.717, 1.165) is 22.6 Å². The van der Waals surface area contributed by atoms with Crippen LogP contribution >= 0.6 is 24.0 Å². The molecule has 0 unspecified atom stereocenters. The maximum absolute atomic E-state index is 12.5. The summed E-state index contributed by atoms with van der Waals surface area (Å²) in [6, 6.07) is 21.1. The molecule has 0 spiro atoms. The first-order valence-corrected chi connectivity index (χ1v) is 10.8. The Hall–Kier alpha value is -2.63. The van der Waals surface area contributed by atoms with Crippen molar-refractivity contribution in [2.45, 2.75) is 20.8 Å². The topological polar surface area (TPSA) is 25.2 Å². The van der Waals surface area contributed by atoms with Crippen molar-refractivity contribution in [3.8, 4) is 16.8 Å². The number of aromatic nitrogens is 1. The molecular formula is C24H22N2OS2. The van der Waals surface area contributed by atoms with E-state index in [-0.39, 0.29) is 5.91 Å². The molecule has 0 radical (unpaired) electrons. The lowest BCUT2D eigenvalue weighted by Crippen LogP contribution is -2.27. The van der Waals surface area contributed by atoms with E-state index in [9.17, 15) is 4.79 Å². The van der Waals surface area contributed by atoms with Crippen LogP contribution in [0, 0.1) is 13.8 Å². The SMILES string of the molecule is CCN1C(=O)/C(=C\c2cc(C)n(-c3ccc(-c4ccccc4)cc3)c2C)SC1=S. The summed E-state index contributed by atoms with van der Waals surface area (Å²) in [6.07, 6.45) is 1.96. The second kappa shape index (κ2) is 8.01. The van der Waals surface area contributed by atoms with Crippen LogP contribution in [0.1, 0.15) is 23.9 Å². The number of aryl methyl sites for hydroxylation is 1. The molecule has 3 aromatic rings. The minimum absolute atomic E-state index is 0.000447. The average molecular weight is 419 g/mol. The van der Waals surface area contributed by atoms with Crippen molar-refractivity contribution in [1.29, 1.82) is 0 Å². The molecular weight excluding hydrogens is 396 g/mol. The highest BCUT2D eigenvalue weighted by molar-refractivity contribution is 8.26. The van der Waals surface area contributed by atoms with Gasteiger partial charge in [-0.3, -0.25) is 9.69 Å². The van der Waals surface area contributed by atoms with E-state index in [0.29, 0.717) is 15.8 Å². The van der Waals surface area contributed by atoms with Crippen LogP contribution in [0.5, 0.6) is 0 Å². The van der Waals surface area contributed by atoms with Crippen LogP contribution < -0.4 is 0 Å². The van der Waals surface area contributed by atoms with Crippen LogP contribution in [0.3, 0.4) is 0 Å². The standard InChI is InChI=1S/C24H22N2OS2/c1-4-25-23(27)22(29-24(25)28)15-20-14-16(2)26(17(20)3)21-12-10-19(11-13-21)18-8-6-5-7-9-18/h5-15H,4H2,1-3H3/b22-15+. The summed E-state index contributed by atoms with van der Waals surface area (Å²) >= 11 is 6.70. The number of carbonyl (C=O) groups is 1. The largest absolute Gasteiger partial charge is 0.318 e. The first-order chi connectivity index (χ1) is 14.0. The van der Waals surface area contributed by atoms with E-state index in [2.05, 4.69) is 73.0 Å². The summed E-state index contributed by atoms with van der Waals surface area (Å²) in [7, 11) is 0. The number of thiocarbonyl (C=S) groups is 1. The number of carbonyl (C=O) groups excluding carboxylic acids is 1. The van der Waals surface area contributed by atoms with E-state index in [4.69, 9.17) is 12.2 Å². The maximum atomic E-state index is 12.5. The Morgan fingerprint density at radius 1 is 1.00 bits per heavy atom. The Bertz CT molecular complexity index is 1110. The first-order valence-electron chi connectivity index (χ1n) is 9.59. The molecule has 2 aromatic carbocycles. The Labute approximate surface area is 181 Å². The van der Waals surface area contributed by atoms with Crippen molar-refractivity contribution in [2.75, 3.05) is 6.54 Å². The molecule has 0 aliphatic carbocycles. The van der Waals surface area contributed by atoms with Gasteiger partial charge in [-0.15, -0.1) is 0 Å². The first kappa shape index (κ1) is 19.7. The number of nitrogens with zero attached hydrogens (tertiary/aromatic N) is 2. The zero-order valence-electron chi connectivity index (χ0n) is 16.7. The minimum atomic E-state index is -0.000447. The third-order valence-electron chi connectivity index (χ3n) is 5.18. The molecule has 29 heavy (non-hydrogen) atoms. The molecule has 5 heteroatoms. The molecule has 1 fully saturated rings. The molecule has 0 N–H and O–H groups in total. The van der Waals surface area contributed by atoms with Crippen LogP contribution in [-0.4, -0.2) is 26.2 Å². The highest BCUT2D eigenvalue weighted by atomic mass is 32.2. The quantitative estimate of drug-likeness (QED) is 0.385. The predicted molar refractivity (Wildman–Crippen MR) is 126 cm³/mol. The Morgan fingerprint density at radius 3 is 2.28 bits per heavy atom. The van der Waals surface area contributed by atoms with Crippen molar-refractivity contribution < 1.29 is 4.79 Å². The van der Waals surface area contributed by atoms with Crippen LogP contribution in [0.2, 0.25) is 0 Å². The Balaban J connectivity index is 1.67. The van der Waals surface area contributed by atoms with Gasteiger partial charge in [0.05, 0.1) is 4.91 Å². The summed E-state index contributed by atoms with van der Waals surface area (Å²) in [4.78, 5) is 14.9. The Morgan fingerprint density at radius 2 is 1.66 bits per heavy atom. The van der Waals surface area contributed by atoms with Crippen molar-refractivity contribution in [3.05, 3.63) is 82.5 Å². The number of benzene rings is 2. The zero-order chi connectivity index (χ0) is 20.5. The molecule has 4 rings (SSSR count). The molecule has 0 bridgehead atoms. The van der Waals surface area contributed by atoms with Gasteiger partial charge >= 0.3 is 0 Å². The van der Waals surface area contributed by atoms with Crippen LogP contribution in [0.25, 0.3) is 22.9 Å². The lowest BCUT2D eigenvalue weighted by molar-refractivity contribution is -0.121. The van der Waals surface area contributed by atoms with E-state index >= 15 is 0 Å². The number of likely N-dealkylation sites (N-methyl/N-ethyl adjacent to an activating group) is 1. The van der Waals surface area contributed by atoms with Gasteiger partial charge in [0.25, 0.3) is 5.91 Å². The van der Waals surface area contributed by atoms with Crippen LogP contribution in [0.4, 0.5) is 0 Å². The molecule has 1 aliphatic rings. The van der Waals surface area contributed by atoms with Gasteiger partial charge in [-0.1, -0.05) is 66.4 Å². The number of amides is 1. The molecule has 1 aromatic heterocycles. The van der Waals surface area contributed by atoms with Crippen molar-refractivity contribution in [3.63, 3.8) is 0 Å². The van der Waals surface area contributed by atoms with Gasteiger partial charge in [-0.25, -0.2) is 0 Å². The van der Waals surface area contributed by atoms with Gasteiger partial charge < -0.3 is 4.57 Å². The van der Waals surface area contributed by atoms with Crippen molar-refractivity contribution >= 4 is 40.3 Å². The van der Waals surface area contributed by atoms with Crippen molar-refractivity contribution in [1.82, 2.24) is 9.47 Å². The Kier molecular flexibility index (Phi) is 5.43. The fourth-order valence-electron chi connectivity index (χ4n) is 3.68. The second-order valence-electron chi connectivity index (χ2n) is 7.00. The number of thioether (sulfide) groups is 1. The highest BCUT2D eigenvalue weighted by Crippen LogP contribution is 2.34. The molecule has 0 saturated carbocycles. The monoisotopic (exact) mass is 418 g/mol. The van der Waals surface area contributed by atoms with E-state index < -0.39 is 0 Å². The molecule has 1 saturated heterocycles. The third-order valence-corrected chi connectivity index (χ3v) is 6.56. The van der Waals surface area contributed by atoms with Crippen molar-refractivity contribution in [2.24, 2.45) is 0 Å². The van der Waals surface area contributed by atoms with Gasteiger partial charge in [0.2, 0.25) is 0 Å². The number of rotatable bonds is 4. The molecule has 1 amide bonds. The number of hydrogen-bond acceptors (Lipinski definition) is 3. The predicted octanol–water partition coefficient (Wildman–Crippen LogP) is 5.98. The van der Waals surface area contributed by atoms with Gasteiger partial charge in [0.1, 0.15) is 4.32 Å². The third kappa shape index (κ3) is 3.68.